The van der Waals surface area contributed by atoms with Crippen LogP contribution in [0, 0.1) is 5.92 Å². The molecule has 2 fully saturated rings. The highest BCUT2D eigenvalue weighted by Gasteiger charge is 2.35. The van der Waals surface area contributed by atoms with E-state index in [-0.39, 0.29) is 42.1 Å². The maximum atomic E-state index is 13.2. The van der Waals surface area contributed by atoms with E-state index >= 15 is 0 Å². The molecule has 2 amide bonds. The number of sulfonamides is 1. The number of hydrogen-bond donors (Lipinski definition) is 2. The van der Waals surface area contributed by atoms with Crippen LogP contribution in [0.3, 0.4) is 0 Å². The largest absolute Gasteiger partial charge is 0.351 e. The molecule has 2 aliphatic rings. The van der Waals surface area contributed by atoms with E-state index in [9.17, 15) is 18.0 Å². The van der Waals surface area contributed by atoms with Gasteiger partial charge in [0.05, 0.1) is 11.7 Å². The second-order valence-electron chi connectivity index (χ2n) is 10.1. The van der Waals surface area contributed by atoms with Crippen molar-refractivity contribution in [3.8, 4) is 0 Å². The fraction of sp³-hybridized carbons (Fsp3) is 0.704. The molecule has 2 N–H and O–H groups in total. The Bertz CT molecular complexity index is 906. The molecule has 35 heavy (non-hydrogen) atoms. The quantitative estimate of drug-likeness (QED) is 0.415. The average molecular weight is 506 g/mol. The van der Waals surface area contributed by atoms with Gasteiger partial charge in [0.25, 0.3) is 5.91 Å². The number of unbranched alkanes of at least 4 members (excludes halogenated alkanes) is 5. The lowest BCUT2D eigenvalue weighted by molar-refractivity contribution is -0.127. The van der Waals surface area contributed by atoms with Crippen molar-refractivity contribution < 1.29 is 18.0 Å². The molecule has 1 saturated heterocycles. The van der Waals surface area contributed by atoms with E-state index in [2.05, 4.69) is 17.6 Å². The number of nitrogens with zero attached hydrogens (tertiary/aromatic N) is 1. The van der Waals surface area contributed by atoms with E-state index < -0.39 is 10.0 Å². The van der Waals surface area contributed by atoms with Gasteiger partial charge in [-0.1, -0.05) is 70.1 Å². The lowest BCUT2D eigenvalue weighted by atomic mass is 9.89. The van der Waals surface area contributed by atoms with Gasteiger partial charge in [0.2, 0.25) is 15.9 Å². The summed E-state index contributed by atoms with van der Waals surface area (Å²) >= 11 is 0. The molecule has 0 aromatic heterocycles. The molecule has 0 spiro atoms. The zero-order valence-electron chi connectivity index (χ0n) is 21.2. The van der Waals surface area contributed by atoms with Crippen molar-refractivity contribution in [2.24, 2.45) is 5.92 Å². The summed E-state index contributed by atoms with van der Waals surface area (Å²) in [5.41, 5.74) is 0.613. The van der Waals surface area contributed by atoms with Gasteiger partial charge in [-0.15, -0.1) is 0 Å². The minimum Gasteiger partial charge on any atom is -0.351 e. The first-order chi connectivity index (χ1) is 16.9. The molecule has 1 aromatic rings. The van der Waals surface area contributed by atoms with Crippen molar-refractivity contribution in [3.63, 3.8) is 0 Å². The van der Waals surface area contributed by atoms with Crippen molar-refractivity contribution in [1.82, 2.24) is 14.9 Å². The van der Waals surface area contributed by atoms with Crippen molar-refractivity contribution >= 4 is 21.8 Å². The summed E-state index contributed by atoms with van der Waals surface area (Å²) in [5.74, 6) is -0.379. The van der Waals surface area contributed by atoms with Crippen LogP contribution in [0.15, 0.2) is 30.3 Å². The molecule has 0 bridgehead atoms. The predicted molar refractivity (Wildman–Crippen MR) is 140 cm³/mol. The van der Waals surface area contributed by atoms with E-state index in [0.29, 0.717) is 31.4 Å². The first kappa shape index (κ1) is 27.7. The molecule has 3 rings (SSSR count). The third kappa shape index (κ3) is 8.60. The summed E-state index contributed by atoms with van der Waals surface area (Å²) in [6, 6.07) is 8.88. The highest BCUT2D eigenvalue weighted by Crippen LogP contribution is 2.23. The molecule has 7 nitrogen and oxygen atoms in total. The summed E-state index contributed by atoms with van der Waals surface area (Å²) < 4.78 is 27.3. The van der Waals surface area contributed by atoms with Crippen LogP contribution in [-0.2, 0) is 14.8 Å². The minimum atomic E-state index is -3.34. The van der Waals surface area contributed by atoms with Gasteiger partial charge in [0.1, 0.15) is 0 Å². The molecule has 1 aromatic carbocycles. The lowest BCUT2D eigenvalue weighted by Gasteiger charge is -2.36. The predicted octanol–water partition coefficient (Wildman–Crippen LogP) is 4.25. The normalized spacial score (nSPS) is 23.5. The van der Waals surface area contributed by atoms with Crippen molar-refractivity contribution in [3.05, 3.63) is 35.9 Å². The van der Waals surface area contributed by atoms with Gasteiger partial charge >= 0.3 is 0 Å². The van der Waals surface area contributed by atoms with E-state index in [4.69, 9.17) is 0 Å². The number of rotatable bonds is 12. The zero-order valence-corrected chi connectivity index (χ0v) is 22.0. The number of nitrogens with one attached hydrogen (secondary N) is 2. The third-order valence-electron chi connectivity index (χ3n) is 7.35. The Balaban J connectivity index is 1.50. The smallest absolute Gasteiger partial charge is 0.251 e. The van der Waals surface area contributed by atoms with Crippen molar-refractivity contribution in [2.45, 2.75) is 96.1 Å². The highest BCUT2D eigenvalue weighted by molar-refractivity contribution is 7.89. The molecule has 3 atom stereocenters. The third-order valence-corrected chi connectivity index (χ3v) is 9.27. The van der Waals surface area contributed by atoms with Gasteiger partial charge in [0.15, 0.2) is 0 Å². The second-order valence-corrected chi connectivity index (χ2v) is 12.2. The Hall–Kier alpha value is -1.93. The average Bonchev–Trinajstić information content (AvgIpc) is 2.88. The van der Waals surface area contributed by atoms with Crippen LogP contribution in [0.2, 0.25) is 0 Å². The standard InChI is InChI=1S/C27H43N3O4S/c1-2-3-4-5-6-12-20-35(33,34)30-19-13-16-23(21-30)27(32)29-25-18-11-10-17-24(25)28-26(31)22-14-8-7-9-15-22/h7-9,14-15,23-25H,2-6,10-13,16-21H2,1H3,(H,28,31)(H,29,32)/t23?,24-,25?/m1/s1. The molecule has 1 heterocycles. The molecular formula is C27H43N3O4S. The summed E-state index contributed by atoms with van der Waals surface area (Å²) in [5, 5.41) is 6.27. The van der Waals surface area contributed by atoms with Gasteiger partial charge < -0.3 is 10.6 Å². The van der Waals surface area contributed by atoms with Crippen molar-refractivity contribution in [2.75, 3.05) is 18.8 Å². The van der Waals surface area contributed by atoms with Crippen LogP contribution in [0.4, 0.5) is 0 Å². The minimum absolute atomic E-state index is 0.0877. The number of hydrogen-bond acceptors (Lipinski definition) is 4. The van der Waals surface area contributed by atoms with Gasteiger partial charge in [-0.2, -0.15) is 0 Å². The Morgan fingerprint density at radius 1 is 0.886 bits per heavy atom. The van der Waals surface area contributed by atoms with Crippen LogP contribution in [0.1, 0.15) is 94.3 Å². The number of carbonyl (C=O) groups excluding carboxylic acids is 2. The Morgan fingerprint density at radius 3 is 2.26 bits per heavy atom. The maximum Gasteiger partial charge on any atom is 0.251 e. The van der Waals surface area contributed by atoms with Gasteiger partial charge in [0, 0.05) is 30.7 Å². The van der Waals surface area contributed by atoms with E-state index in [1.54, 1.807) is 12.1 Å². The number of benzene rings is 1. The number of piperidine rings is 1. The summed E-state index contributed by atoms with van der Waals surface area (Å²) in [6.07, 6.45) is 11.3. The maximum absolute atomic E-state index is 13.2. The van der Waals surface area contributed by atoms with Crippen LogP contribution in [-0.4, -0.2) is 55.5 Å². The Morgan fingerprint density at radius 2 is 1.54 bits per heavy atom. The van der Waals surface area contributed by atoms with Crippen molar-refractivity contribution in [1.29, 1.82) is 0 Å². The van der Waals surface area contributed by atoms with Crippen LogP contribution < -0.4 is 10.6 Å². The van der Waals surface area contributed by atoms with E-state index in [1.807, 2.05) is 18.2 Å². The Kier molecular flexibility index (Phi) is 11.0. The molecular weight excluding hydrogens is 462 g/mol. The molecule has 2 unspecified atom stereocenters. The molecule has 1 aliphatic carbocycles. The molecule has 196 valence electrons. The highest BCUT2D eigenvalue weighted by atomic mass is 32.2. The van der Waals surface area contributed by atoms with Gasteiger partial charge in [-0.05, 0) is 44.2 Å². The SMILES string of the molecule is CCCCCCCCS(=O)(=O)N1CCCC(C(=O)NC2CCCC[C@H]2NC(=O)c2ccccc2)C1. The number of amides is 2. The summed E-state index contributed by atoms with van der Waals surface area (Å²) in [4.78, 5) is 25.8. The molecule has 1 saturated carbocycles. The van der Waals surface area contributed by atoms with Crippen LogP contribution in [0.25, 0.3) is 0 Å². The van der Waals surface area contributed by atoms with E-state index in [1.165, 1.54) is 17.1 Å². The van der Waals surface area contributed by atoms with Crippen LogP contribution in [0.5, 0.6) is 0 Å². The van der Waals surface area contributed by atoms with Gasteiger partial charge in [-0.3, -0.25) is 9.59 Å². The second kappa shape index (κ2) is 14.0. The topological polar surface area (TPSA) is 95.6 Å². The first-order valence-corrected chi connectivity index (χ1v) is 15.2. The van der Waals surface area contributed by atoms with Gasteiger partial charge in [-0.25, -0.2) is 12.7 Å². The Labute approximate surface area is 211 Å². The molecule has 1 aliphatic heterocycles. The first-order valence-electron chi connectivity index (χ1n) is 13.5. The van der Waals surface area contributed by atoms with E-state index in [0.717, 1.165) is 44.9 Å². The summed E-state index contributed by atoms with van der Waals surface area (Å²) in [7, 11) is -3.34. The molecule has 0 radical (unpaired) electrons. The van der Waals surface area contributed by atoms with Crippen LogP contribution >= 0.6 is 0 Å². The zero-order chi connectivity index (χ0) is 25.1. The fourth-order valence-electron chi connectivity index (χ4n) is 5.22. The fourth-order valence-corrected chi connectivity index (χ4v) is 6.86. The summed E-state index contributed by atoms with van der Waals surface area (Å²) in [6.45, 7) is 2.93. The lowest BCUT2D eigenvalue weighted by Crippen LogP contribution is -2.55. The monoisotopic (exact) mass is 505 g/mol. The number of carbonyl (C=O) groups is 2. The molecule has 8 heteroatoms.